The molecule has 0 unspecified atom stereocenters. The summed E-state index contributed by atoms with van der Waals surface area (Å²) >= 11 is 11.7. The first-order chi connectivity index (χ1) is 10.0. The third-order valence-electron chi connectivity index (χ3n) is 3.09. The molecule has 110 valence electrons. The number of aryl methyl sites for hydroxylation is 1. The Bertz CT molecular complexity index is 631. The Labute approximate surface area is 133 Å². The van der Waals surface area contributed by atoms with Crippen LogP contribution in [0.2, 0.25) is 10.0 Å². The molecule has 0 aliphatic carbocycles. The molecule has 0 aliphatic rings. The molecule has 2 rings (SSSR count). The van der Waals surface area contributed by atoms with Crippen molar-refractivity contribution in [3.8, 4) is 0 Å². The van der Waals surface area contributed by atoms with Crippen LogP contribution >= 0.6 is 23.2 Å². The number of benzene rings is 2. The summed E-state index contributed by atoms with van der Waals surface area (Å²) in [4.78, 5) is 12.0. The zero-order valence-corrected chi connectivity index (χ0v) is 13.0. The zero-order chi connectivity index (χ0) is 15.4. The van der Waals surface area contributed by atoms with Gasteiger partial charge in [-0.3, -0.25) is 0 Å². The van der Waals surface area contributed by atoms with E-state index < -0.39 is 5.97 Å². The molecule has 0 saturated carbocycles. The van der Waals surface area contributed by atoms with Crippen molar-refractivity contribution in [3.05, 3.63) is 63.1 Å². The fraction of sp³-hybridized carbons (Fsp3) is 0.188. The molecule has 0 aromatic heterocycles. The molecule has 0 bridgehead atoms. The molecule has 0 radical (unpaired) electrons. The number of halogens is 2. The maximum atomic E-state index is 12.0. The summed E-state index contributed by atoms with van der Waals surface area (Å²) in [6.45, 7) is 2.28. The summed E-state index contributed by atoms with van der Waals surface area (Å²) in [5.41, 5.74) is 8.37. The van der Waals surface area contributed by atoms with E-state index in [1.54, 1.807) is 0 Å². The third kappa shape index (κ3) is 3.90. The lowest BCUT2D eigenvalue weighted by Gasteiger charge is -2.08. The number of nitrogen functional groups attached to an aromatic ring is 1. The van der Waals surface area contributed by atoms with Crippen molar-refractivity contribution in [2.24, 2.45) is 0 Å². The summed E-state index contributed by atoms with van der Waals surface area (Å²) in [6, 6.07) is 10.8. The predicted octanol–water partition coefficient (Wildman–Crippen LogP) is 4.50. The predicted molar refractivity (Wildman–Crippen MR) is 85.8 cm³/mol. The van der Waals surface area contributed by atoms with Crippen molar-refractivity contribution in [2.75, 3.05) is 5.73 Å². The molecular weight excluding hydrogens is 309 g/mol. The van der Waals surface area contributed by atoms with Crippen molar-refractivity contribution in [2.45, 2.75) is 20.0 Å². The molecule has 2 aromatic rings. The van der Waals surface area contributed by atoms with Gasteiger partial charge in [-0.2, -0.15) is 0 Å². The number of carbonyl (C=O) groups excluding carboxylic acids is 1. The van der Waals surface area contributed by atoms with Crippen LogP contribution in [0, 0.1) is 0 Å². The lowest BCUT2D eigenvalue weighted by molar-refractivity contribution is 0.0473. The Balaban J connectivity index is 2.04. The first kappa shape index (κ1) is 15.7. The molecule has 0 heterocycles. The van der Waals surface area contributed by atoms with Crippen LogP contribution in [-0.4, -0.2) is 5.97 Å². The molecule has 2 aromatic carbocycles. The summed E-state index contributed by atoms with van der Waals surface area (Å²) < 4.78 is 5.24. The lowest BCUT2D eigenvalue weighted by Crippen LogP contribution is -2.06. The van der Waals surface area contributed by atoms with Crippen LogP contribution in [0.1, 0.15) is 28.4 Å². The van der Waals surface area contributed by atoms with Crippen LogP contribution in [0.3, 0.4) is 0 Å². The molecule has 0 fully saturated rings. The first-order valence-electron chi connectivity index (χ1n) is 6.50. The number of nitrogens with two attached hydrogens (primary N) is 1. The molecule has 0 atom stereocenters. The fourth-order valence-electron chi connectivity index (χ4n) is 1.83. The van der Waals surface area contributed by atoms with Gasteiger partial charge in [0.15, 0.2) is 0 Å². The Morgan fingerprint density at radius 3 is 2.33 bits per heavy atom. The maximum absolute atomic E-state index is 12.0. The van der Waals surface area contributed by atoms with E-state index in [1.807, 2.05) is 24.3 Å². The average Bonchev–Trinajstić information content (AvgIpc) is 2.50. The van der Waals surface area contributed by atoms with Gasteiger partial charge >= 0.3 is 5.97 Å². The molecule has 0 aliphatic heterocycles. The van der Waals surface area contributed by atoms with Crippen LogP contribution in [0.25, 0.3) is 0 Å². The maximum Gasteiger partial charge on any atom is 0.338 e. The van der Waals surface area contributed by atoms with Crippen LogP contribution in [0.15, 0.2) is 36.4 Å². The van der Waals surface area contributed by atoms with E-state index in [2.05, 4.69) is 6.92 Å². The molecule has 21 heavy (non-hydrogen) atoms. The number of anilines is 1. The van der Waals surface area contributed by atoms with Gasteiger partial charge in [-0.05, 0) is 29.7 Å². The van der Waals surface area contributed by atoms with E-state index >= 15 is 0 Å². The minimum Gasteiger partial charge on any atom is -0.457 e. The van der Waals surface area contributed by atoms with Gasteiger partial charge in [0, 0.05) is 0 Å². The molecule has 2 N–H and O–H groups in total. The van der Waals surface area contributed by atoms with Crippen LogP contribution < -0.4 is 5.73 Å². The molecule has 0 amide bonds. The zero-order valence-electron chi connectivity index (χ0n) is 11.5. The highest BCUT2D eigenvalue weighted by atomic mass is 35.5. The van der Waals surface area contributed by atoms with Gasteiger partial charge in [-0.15, -0.1) is 0 Å². The van der Waals surface area contributed by atoms with Gasteiger partial charge in [0.2, 0.25) is 0 Å². The second kappa shape index (κ2) is 6.83. The summed E-state index contributed by atoms with van der Waals surface area (Å²) in [7, 11) is 0. The average molecular weight is 324 g/mol. The van der Waals surface area contributed by atoms with E-state index in [0.717, 1.165) is 12.0 Å². The number of carbonyl (C=O) groups is 1. The highest BCUT2D eigenvalue weighted by molar-refractivity contribution is 6.43. The van der Waals surface area contributed by atoms with E-state index in [-0.39, 0.29) is 27.9 Å². The van der Waals surface area contributed by atoms with Gasteiger partial charge in [0.25, 0.3) is 0 Å². The molecule has 5 heteroatoms. The molecule has 3 nitrogen and oxygen atoms in total. The number of rotatable bonds is 4. The SMILES string of the molecule is CCc1ccc(COC(=O)c2cc(N)c(Cl)c(Cl)c2)cc1. The molecular formula is C16H15Cl2NO2. The Morgan fingerprint density at radius 1 is 1.14 bits per heavy atom. The Hall–Kier alpha value is -1.71. The lowest BCUT2D eigenvalue weighted by atomic mass is 10.1. The van der Waals surface area contributed by atoms with Gasteiger partial charge in [-0.1, -0.05) is 54.4 Å². The normalized spacial score (nSPS) is 10.4. The summed E-state index contributed by atoms with van der Waals surface area (Å²) in [6.07, 6.45) is 0.975. The van der Waals surface area contributed by atoms with Crippen molar-refractivity contribution < 1.29 is 9.53 Å². The number of ether oxygens (including phenoxy) is 1. The summed E-state index contributed by atoms with van der Waals surface area (Å²) in [5, 5.41) is 0.472. The van der Waals surface area contributed by atoms with Gasteiger partial charge in [0.05, 0.1) is 21.3 Å². The highest BCUT2D eigenvalue weighted by Crippen LogP contribution is 2.29. The number of esters is 1. The quantitative estimate of drug-likeness (QED) is 0.666. The second-order valence-electron chi connectivity index (χ2n) is 4.61. The monoisotopic (exact) mass is 323 g/mol. The largest absolute Gasteiger partial charge is 0.457 e. The second-order valence-corrected chi connectivity index (χ2v) is 5.39. The van der Waals surface area contributed by atoms with Gasteiger partial charge in [-0.25, -0.2) is 4.79 Å². The minimum atomic E-state index is -0.486. The van der Waals surface area contributed by atoms with Crippen LogP contribution in [-0.2, 0) is 17.8 Å². The van der Waals surface area contributed by atoms with E-state index in [9.17, 15) is 4.79 Å². The highest BCUT2D eigenvalue weighted by Gasteiger charge is 2.12. The Kier molecular flexibility index (Phi) is 5.10. The van der Waals surface area contributed by atoms with Crippen molar-refractivity contribution in [3.63, 3.8) is 0 Å². The van der Waals surface area contributed by atoms with Crippen molar-refractivity contribution in [1.82, 2.24) is 0 Å². The van der Waals surface area contributed by atoms with Crippen molar-refractivity contribution >= 4 is 34.9 Å². The number of hydrogen-bond donors (Lipinski definition) is 1. The fourth-order valence-corrected chi connectivity index (χ4v) is 2.17. The Morgan fingerprint density at radius 2 is 1.76 bits per heavy atom. The van der Waals surface area contributed by atoms with Crippen molar-refractivity contribution in [1.29, 1.82) is 0 Å². The van der Waals surface area contributed by atoms with E-state index in [4.69, 9.17) is 33.7 Å². The summed E-state index contributed by atoms with van der Waals surface area (Å²) in [5.74, 6) is -0.486. The molecule has 0 spiro atoms. The topological polar surface area (TPSA) is 52.3 Å². The van der Waals surface area contributed by atoms with Crippen LogP contribution in [0.5, 0.6) is 0 Å². The van der Waals surface area contributed by atoms with Crippen LogP contribution in [0.4, 0.5) is 5.69 Å². The standard InChI is InChI=1S/C16H15Cl2NO2/c1-2-10-3-5-11(6-4-10)9-21-16(20)12-7-13(17)15(18)14(19)8-12/h3-8H,2,9,19H2,1H3. The van der Waals surface area contributed by atoms with Gasteiger partial charge < -0.3 is 10.5 Å². The first-order valence-corrected chi connectivity index (χ1v) is 7.26. The van der Waals surface area contributed by atoms with E-state index in [1.165, 1.54) is 17.7 Å². The molecule has 0 saturated heterocycles. The number of hydrogen-bond acceptors (Lipinski definition) is 3. The van der Waals surface area contributed by atoms with E-state index in [0.29, 0.717) is 0 Å². The minimum absolute atomic E-state index is 0.197. The van der Waals surface area contributed by atoms with Gasteiger partial charge in [0.1, 0.15) is 6.61 Å². The third-order valence-corrected chi connectivity index (χ3v) is 3.91. The smallest absolute Gasteiger partial charge is 0.338 e.